The minimum atomic E-state index is 0.0315. The van der Waals surface area contributed by atoms with Gasteiger partial charge in [0.25, 0.3) is 5.91 Å². The second-order valence-corrected chi connectivity index (χ2v) is 9.87. The fourth-order valence-electron chi connectivity index (χ4n) is 4.58. The summed E-state index contributed by atoms with van der Waals surface area (Å²) in [4.78, 5) is 27.8. The van der Waals surface area contributed by atoms with Gasteiger partial charge in [-0.3, -0.25) is 9.48 Å². The van der Waals surface area contributed by atoms with E-state index in [1.165, 1.54) is 0 Å². The van der Waals surface area contributed by atoms with Crippen LogP contribution in [0.2, 0.25) is 0 Å². The summed E-state index contributed by atoms with van der Waals surface area (Å²) in [5, 5.41) is 8.64. The van der Waals surface area contributed by atoms with Crippen molar-refractivity contribution in [3.8, 4) is 11.3 Å². The average molecular weight is 575 g/mol. The molecule has 5 aromatic rings. The molecule has 9 heteroatoms. The van der Waals surface area contributed by atoms with Crippen LogP contribution in [-0.4, -0.2) is 30.6 Å². The van der Waals surface area contributed by atoms with Crippen LogP contribution < -0.4 is 10.2 Å². The topological polar surface area (TPSA) is 91.7 Å². The van der Waals surface area contributed by atoms with Gasteiger partial charge in [0.1, 0.15) is 0 Å². The highest BCUT2D eigenvalue weighted by Gasteiger charge is 2.31. The van der Waals surface area contributed by atoms with E-state index in [2.05, 4.69) is 49.0 Å². The number of carbonyl (C=O) groups is 1. The fourth-order valence-corrected chi connectivity index (χ4v) is 5.37. The number of H-pyrrole nitrogens is 1. The van der Waals surface area contributed by atoms with Crippen LogP contribution in [0, 0.1) is 17.4 Å². The Labute approximate surface area is 215 Å². The first kappa shape index (κ1) is 21.8. The Kier molecular flexibility index (Phi) is 5.10. The number of halogens is 1. The highest BCUT2D eigenvalue weighted by Crippen LogP contribution is 2.38. The van der Waals surface area contributed by atoms with Gasteiger partial charge in [-0.15, -0.1) is 0 Å². The van der Waals surface area contributed by atoms with Crippen LogP contribution in [0.15, 0.2) is 54.9 Å². The number of aryl methyl sites for hydroxylation is 3. The third kappa shape index (κ3) is 3.57. The van der Waals surface area contributed by atoms with E-state index in [9.17, 15) is 4.79 Å². The first-order valence-electron chi connectivity index (χ1n) is 11.2. The number of hydrogen-bond acceptors (Lipinski definition) is 5. The van der Waals surface area contributed by atoms with Gasteiger partial charge in [0.2, 0.25) is 5.95 Å². The molecule has 174 valence electrons. The molecule has 2 N–H and O–H groups in total. The molecule has 8 nitrogen and oxygen atoms in total. The van der Waals surface area contributed by atoms with Gasteiger partial charge in [0, 0.05) is 45.7 Å². The summed E-state index contributed by atoms with van der Waals surface area (Å²) in [7, 11) is 1.90. The summed E-state index contributed by atoms with van der Waals surface area (Å²) in [5.41, 5.74) is 7.40. The number of amides is 1. The van der Waals surface area contributed by atoms with E-state index in [4.69, 9.17) is 4.98 Å². The molecule has 35 heavy (non-hydrogen) atoms. The van der Waals surface area contributed by atoms with Crippen LogP contribution in [0.3, 0.4) is 0 Å². The van der Waals surface area contributed by atoms with E-state index in [-0.39, 0.29) is 5.91 Å². The molecule has 0 bridgehead atoms. The van der Waals surface area contributed by atoms with E-state index in [0.717, 1.165) is 53.8 Å². The molecule has 0 spiro atoms. The molecule has 6 rings (SSSR count). The number of carbonyl (C=O) groups excluding carboxylic acids is 1. The first-order chi connectivity index (χ1) is 16.9. The van der Waals surface area contributed by atoms with Crippen LogP contribution in [-0.2, 0) is 13.6 Å². The quantitative estimate of drug-likeness (QED) is 0.277. The maximum Gasteiger partial charge on any atom is 0.260 e. The molecule has 0 fully saturated rings. The lowest BCUT2D eigenvalue weighted by Crippen LogP contribution is -2.23. The summed E-state index contributed by atoms with van der Waals surface area (Å²) in [6, 6.07) is 14.0. The van der Waals surface area contributed by atoms with Crippen LogP contribution in [0.5, 0.6) is 0 Å². The third-order valence-electron chi connectivity index (χ3n) is 6.45. The van der Waals surface area contributed by atoms with Crippen LogP contribution in [0.1, 0.15) is 27.2 Å². The smallest absolute Gasteiger partial charge is 0.260 e. The maximum absolute atomic E-state index is 13.3. The summed E-state index contributed by atoms with van der Waals surface area (Å²) in [6.07, 6.45) is 3.77. The highest BCUT2D eigenvalue weighted by molar-refractivity contribution is 14.1. The van der Waals surface area contributed by atoms with Crippen molar-refractivity contribution in [3.63, 3.8) is 0 Å². The van der Waals surface area contributed by atoms with Crippen LogP contribution in [0.4, 0.5) is 17.5 Å². The molecule has 0 unspecified atom stereocenters. The lowest BCUT2D eigenvalue weighted by Gasteiger charge is -2.17. The standard InChI is InChI=1S/C26H22IN7O/c1-14-11-29-26(30-21-10-15(2)33(3)32-21)31-23(14)18-12-28-24-17(18)7-5-9-20(24)34-13-16-6-4-8-19(27)22(16)25(34)35/h4-12,28H,13H2,1-3H3,(H,29,30,31,32). The SMILES string of the molecule is Cc1cnc(Nc2cc(C)n(C)n2)nc1-c1c[nH]c2c(N3Cc4cccc(I)c4C3=O)cccc12. The Morgan fingerprint density at radius 1 is 1.14 bits per heavy atom. The second-order valence-electron chi connectivity index (χ2n) is 8.71. The molecule has 2 aromatic carbocycles. The highest BCUT2D eigenvalue weighted by atomic mass is 127. The average Bonchev–Trinajstić information content (AvgIpc) is 3.51. The monoisotopic (exact) mass is 575 g/mol. The van der Waals surface area contributed by atoms with Crippen molar-refractivity contribution >= 4 is 56.9 Å². The number of nitrogens with zero attached hydrogens (tertiary/aromatic N) is 5. The second kappa shape index (κ2) is 8.19. The Hall–Kier alpha value is -3.73. The predicted octanol–water partition coefficient (Wildman–Crippen LogP) is 5.48. The van der Waals surface area contributed by atoms with Crippen LogP contribution in [0.25, 0.3) is 22.2 Å². The van der Waals surface area contributed by atoms with Gasteiger partial charge in [0.15, 0.2) is 5.82 Å². The van der Waals surface area contributed by atoms with Crippen molar-refractivity contribution in [1.29, 1.82) is 0 Å². The molecule has 1 aliphatic rings. The molecular weight excluding hydrogens is 553 g/mol. The van der Waals surface area contributed by atoms with E-state index in [1.54, 1.807) is 4.68 Å². The van der Waals surface area contributed by atoms with Crippen molar-refractivity contribution in [1.82, 2.24) is 24.7 Å². The van der Waals surface area contributed by atoms with E-state index in [0.29, 0.717) is 18.3 Å². The van der Waals surface area contributed by atoms with Gasteiger partial charge in [-0.2, -0.15) is 5.10 Å². The van der Waals surface area contributed by atoms with Gasteiger partial charge < -0.3 is 15.2 Å². The number of para-hydroxylation sites is 1. The number of nitrogens with one attached hydrogen (secondary N) is 2. The number of hydrogen-bond donors (Lipinski definition) is 2. The molecule has 0 saturated heterocycles. The third-order valence-corrected chi connectivity index (χ3v) is 7.35. The molecule has 4 heterocycles. The number of aromatic nitrogens is 5. The van der Waals surface area contributed by atoms with E-state index in [1.807, 2.05) is 74.6 Å². The Morgan fingerprint density at radius 2 is 1.97 bits per heavy atom. The van der Waals surface area contributed by atoms with Gasteiger partial charge in [-0.1, -0.05) is 24.3 Å². The van der Waals surface area contributed by atoms with Gasteiger partial charge in [-0.05, 0) is 59.7 Å². The van der Waals surface area contributed by atoms with Crippen molar-refractivity contribution in [2.75, 3.05) is 10.2 Å². The van der Waals surface area contributed by atoms with Crippen molar-refractivity contribution in [2.24, 2.45) is 7.05 Å². The number of aromatic amines is 1. The zero-order valence-electron chi connectivity index (χ0n) is 19.4. The Balaban J connectivity index is 1.40. The number of rotatable bonds is 4. The zero-order valence-corrected chi connectivity index (χ0v) is 21.6. The van der Waals surface area contributed by atoms with Gasteiger partial charge in [-0.25, -0.2) is 9.97 Å². The van der Waals surface area contributed by atoms with Crippen molar-refractivity contribution in [3.05, 3.63) is 80.8 Å². The fraction of sp³-hybridized carbons (Fsp3) is 0.154. The van der Waals surface area contributed by atoms with Crippen LogP contribution >= 0.6 is 22.6 Å². The zero-order chi connectivity index (χ0) is 24.3. The first-order valence-corrected chi connectivity index (χ1v) is 12.3. The minimum absolute atomic E-state index is 0.0315. The summed E-state index contributed by atoms with van der Waals surface area (Å²) in [5.74, 6) is 1.21. The lowest BCUT2D eigenvalue weighted by molar-refractivity contribution is 0.0996. The van der Waals surface area contributed by atoms with Gasteiger partial charge >= 0.3 is 0 Å². The van der Waals surface area contributed by atoms with Crippen molar-refractivity contribution < 1.29 is 4.79 Å². The normalized spacial score (nSPS) is 13.0. The molecular formula is C26H22IN7O. The minimum Gasteiger partial charge on any atom is -0.359 e. The number of anilines is 3. The molecule has 0 aliphatic carbocycles. The Bertz CT molecular complexity index is 1620. The molecule has 1 aliphatic heterocycles. The predicted molar refractivity (Wildman–Crippen MR) is 145 cm³/mol. The van der Waals surface area contributed by atoms with E-state index >= 15 is 0 Å². The number of fused-ring (bicyclic) bond motifs is 2. The largest absolute Gasteiger partial charge is 0.359 e. The van der Waals surface area contributed by atoms with E-state index < -0.39 is 0 Å². The number of benzene rings is 2. The molecule has 3 aromatic heterocycles. The van der Waals surface area contributed by atoms with Gasteiger partial charge in [0.05, 0.1) is 29.0 Å². The Morgan fingerprint density at radius 3 is 2.74 bits per heavy atom. The molecule has 0 atom stereocenters. The molecule has 0 saturated carbocycles. The lowest BCUT2D eigenvalue weighted by atomic mass is 10.1. The summed E-state index contributed by atoms with van der Waals surface area (Å²) < 4.78 is 2.78. The summed E-state index contributed by atoms with van der Waals surface area (Å²) >= 11 is 2.24. The molecule has 1 amide bonds. The van der Waals surface area contributed by atoms with Crippen molar-refractivity contribution in [2.45, 2.75) is 20.4 Å². The molecule has 0 radical (unpaired) electrons. The maximum atomic E-state index is 13.3. The summed E-state index contributed by atoms with van der Waals surface area (Å²) in [6.45, 7) is 4.55.